The second kappa shape index (κ2) is 5.57. The Morgan fingerprint density at radius 2 is 2.05 bits per heavy atom. The summed E-state index contributed by atoms with van der Waals surface area (Å²) >= 11 is 2.98. The molecule has 1 fully saturated rings. The van der Waals surface area contributed by atoms with Crippen LogP contribution in [0.3, 0.4) is 0 Å². The van der Waals surface area contributed by atoms with Crippen LogP contribution < -0.4 is 0 Å². The van der Waals surface area contributed by atoms with Crippen LogP contribution >= 0.6 is 23.3 Å². The number of rotatable bonds is 5. The van der Waals surface area contributed by atoms with Gasteiger partial charge < -0.3 is 4.42 Å². The molecular weight excluding hydrogens is 304 g/mol. The van der Waals surface area contributed by atoms with Crippen LogP contribution in [0, 0.1) is 0 Å². The lowest BCUT2D eigenvalue weighted by Crippen LogP contribution is -1.81. The van der Waals surface area contributed by atoms with E-state index in [0.29, 0.717) is 17.6 Å². The molecular formula is C14H12N4OS2. The molecule has 0 unspecified atom stereocenters. The molecule has 0 amide bonds. The lowest BCUT2D eigenvalue weighted by molar-refractivity contribution is 0.466. The van der Waals surface area contributed by atoms with Crippen molar-refractivity contribution in [1.29, 1.82) is 0 Å². The summed E-state index contributed by atoms with van der Waals surface area (Å²) in [5.41, 5.74) is 1.04. The van der Waals surface area contributed by atoms with E-state index in [-0.39, 0.29) is 0 Å². The fourth-order valence-corrected chi connectivity index (χ4v) is 3.37. The van der Waals surface area contributed by atoms with Crippen molar-refractivity contribution in [2.75, 3.05) is 0 Å². The van der Waals surface area contributed by atoms with E-state index in [9.17, 15) is 0 Å². The number of benzene rings is 1. The summed E-state index contributed by atoms with van der Waals surface area (Å²) in [6.45, 7) is 0. The predicted molar refractivity (Wildman–Crippen MR) is 81.2 cm³/mol. The molecule has 0 atom stereocenters. The van der Waals surface area contributed by atoms with Gasteiger partial charge in [-0.3, -0.25) is 0 Å². The van der Waals surface area contributed by atoms with Gasteiger partial charge in [-0.1, -0.05) is 42.1 Å². The molecule has 0 bridgehead atoms. The van der Waals surface area contributed by atoms with Crippen LogP contribution in [0.15, 0.2) is 39.1 Å². The minimum absolute atomic E-state index is 0.502. The SMILES string of the molecule is c1ccc(-c2nsc(SCc3nnc(C4CC4)o3)n2)cc1. The maximum Gasteiger partial charge on any atom is 0.226 e. The molecule has 106 valence electrons. The van der Waals surface area contributed by atoms with Crippen molar-refractivity contribution in [3.05, 3.63) is 42.1 Å². The van der Waals surface area contributed by atoms with E-state index in [2.05, 4.69) is 19.6 Å². The molecule has 1 aliphatic rings. The van der Waals surface area contributed by atoms with Crippen LogP contribution in [0.4, 0.5) is 0 Å². The Morgan fingerprint density at radius 1 is 1.19 bits per heavy atom. The second-order valence-corrected chi connectivity index (χ2v) is 6.82. The molecule has 1 saturated carbocycles. The smallest absolute Gasteiger partial charge is 0.226 e. The fourth-order valence-electron chi connectivity index (χ4n) is 1.92. The fraction of sp³-hybridized carbons (Fsp3) is 0.286. The molecule has 5 nitrogen and oxygen atoms in total. The summed E-state index contributed by atoms with van der Waals surface area (Å²) in [6.07, 6.45) is 2.34. The van der Waals surface area contributed by atoms with E-state index in [1.165, 1.54) is 24.4 Å². The average Bonchev–Trinajstić information content (AvgIpc) is 3.09. The molecule has 0 radical (unpaired) electrons. The first kappa shape index (κ1) is 13.0. The molecule has 1 aliphatic carbocycles. The highest BCUT2D eigenvalue weighted by atomic mass is 32.2. The van der Waals surface area contributed by atoms with E-state index < -0.39 is 0 Å². The molecule has 7 heteroatoms. The monoisotopic (exact) mass is 316 g/mol. The Hall–Kier alpha value is -1.73. The van der Waals surface area contributed by atoms with Crippen molar-refractivity contribution < 1.29 is 4.42 Å². The zero-order valence-electron chi connectivity index (χ0n) is 11.1. The summed E-state index contributed by atoms with van der Waals surface area (Å²) in [6, 6.07) is 9.98. The Morgan fingerprint density at radius 3 is 2.86 bits per heavy atom. The molecule has 1 aromatic carbocycles. The van der Waals surface area contributed by atoms with Gasteiger partial charge in [0.15, 0.2) is 10.2 Å². The first-order valence-corrected chi connectivity index (χ1v) is 8.48. The predicted octanol–water partition coefficient (Wildman–Crippen LogP) is 3.76. The van der Waals surface area contributed by atoms with Gasteiger partial charge in [-0.05, 0) is 24.4 Å². The first-order chi connectivity index (χ1) is 10.4. The number of aromatic nitrogens is 4. The minimum Gasteiger partial charge on any atom is -0.424 e. The third kappa shape index (κ3) is 2.98. The highest BCUT2D eigenvalue weighted by Crippen LogP contribution is 2.39. The number of nitrogens with zero attached hydrogens (tertiary/aromatic N) is 4. The zero-order valence-corrected chi connectivity index (χ0v) is 12.7. The van der Waals surface area contributed by atoms with Crippen LogP contribution in [-0.4, -0.2) is 19.6 Å². The summed E-state index contributed by atoms with van der Waals surface area (Å²) in [4.78, 5) is 4.53. The van der Waals surface area contributed by atoms with Gasteiger partial charge in [0.25, 0.3) is 0 Å². The lowest BCUT2D eigenvalue weighted by Gasteiger charge is -1.93. The van der Waals surface area contributed by atoms with Crippen molar-refractivity contribution in [2.24, 2.45) is 0 Å². The van der Waals surface area contributed by atoms with Crippen LogP contribution in [0.25, 0.3) is 11.4 Å². The molecule has 2 heterocycles. The van der Waals surface area contributed by atoms with Gasteiger partial charge in [-0.2, -0.15) is 4.37 Å². The Kier molecular flexibility index (Phi) is 3.44. The Labute approximate surface area is 130 Å². The maximum absolute atomic E-state index is 5.63. The third-order valence-electron chi connectivity index (χ3n) is 3.17. The third-order valence-corrected chi connectivity index (χ3v) is 4.99. The van der Waals surface area contributed by atoms with Crippen molar-refractivity contribution in [3.63, 3.8) is 0 Å². The molecule has 0 N–H and O–H groups in total. The lowest BCUT2D eigenvalue weighted by atomic mass is 10.2. The second-order valence-electron chi connectivity index (χ2n) is 4.85. The van der Waals surface area contributed by atoms with Gasteiger partial charge in [-0.25, -0.2) is 4.98 Å². The molecule has 0 spiro atoms. The van der Waals surface area contributed by atoms with Crippen LogP contribution in [0.5, 0.6) is 0 Å². The van der Waals surface area contributed by atoms with Crippen LogP contribution in [0.1, 0.15) is 30.5 Å². The topological polar surface area (TPSA) is 64.7 Å². The summed E-state index contributed by atoms with van der Waals surface area (Å²) < 4.78 is 10.9. The molecule has 4 rings (SSSR count). The largest absolute Gasteiger partial charge is 0.424 e. The molecule has 0 saturated heterocycles. The number of thioether (sulfide) groups is 1. The molecule has 2 aromatic heterocycles. The maximum atomic E-state index is 5.63. The molecule has 0 aliphatic heterocycles. The highest BCUT2D eigenvalue weighted by Gasteiger charge is 2.29. The van der Waals surface area contributed by atoms with Gasteiger partial charge in [0, 0.05) is 11.5 Å². The summed E-state index contributed by atoms with van der Waals surface area (Å²) in [5, 5.41) is 8.16. The normalized spacial score (nSPS) is 14.5. The molecule has 3 aromatic rings. The Balaban J connectivity index is 1.41. The van der Waals surface area contributed by atoms with Gasteiger partial charge in [0.1, 0.15) is 0 Å². The number of hydrogen-bond donors (Lipinski definition) is 0. The van der Waals surface area contributed by atoms with Gasteiger partial charge in [0.2, 0.25) is 11.8 Å². The highest BCUT2D eigenvalue weighted by molar-refractivity contribution is 8.00. The van der Waals surface area contributed by atoms with E-state index in [1.807, 2.05) is 30.3 Å². The van der Waals surface area contributed by atoms with Crippen LogP contribution in [0.2, 0.25) is 0 Å². The summed E-state index contributed by atoms with van der Waals surface area (Å²) in [5.74, 6) is 3.37. The van der Waals surface area contributed by atoms with E-state index in [4.69, 9.17) is 4.42 Å². The summed E-state index contributed by atoms with van der Waals surface area (Å²) in [7, 11) is 0. The minimum atomic E-state index is 0.502. The van der Waals surface area contributed by atoms with E-state index in [1.54, 1.807) is 11.8 Å². The van der Waals surface area contributed by atoms with Crippen molar-refractivity contribution >= 4 is 23.3 Å². The van der Waals surface area contributed by atoms with Crippen molar-refractivity contribution in [3.8, 4) is 11.4 Å². The van der Waals surface area contributed by atoms with Crippen LogP contribution in [-0.2, 0) is 5.75 Å². The quantitative estimate of drug-likeness (QED) is 0.668. The average molecular weight is 316 g/mol. The van der Waals surface area contributed by atoms with Gasteiger partial charge in [0.05, 0.1) is 5.75 Å². The zero-order chi connectivity index (χ0) is 14.1. The van der Waals surface area contributed by atoms with E-state index >= 15 is 0 Å². The number of hydrogen-bond acceptors (Lipinski definition) is 7. The van der Waals surface area contributed by atoms with Gasteiger partial charge in [-0.15, -0.1) is 10.2 Å². The van der Waals surface area contributed by atoms with E-state index in [0.717, 1.165) is 21.6 Å². The molecule has 21 heavy (non-hydrogen) atoms. The van der Waals surface area contributed by atoms with Crippen molar-refractivity contribution in [1.82, 2.24) is 19.6 Å². The standard InChI is InChI=1S/C14H12N4OS2/c1-2-4-9(5-3-1)12-15-14(21-18-12)20-8-11-16-17-13(19-11)10-6-7-10/h1-5,10H,6-8H2. The Bertz CT molecular complexity index is 736. The van der Waals surface area contributed by atoms with Crippen molar-refractivity contribution in [2.45, 2.75) is 28.9 Å². The first-order valence-electron chi connectivity index (χ1n) is 6.73. The van der Waals surface area contributed by atoms with Gasteiger partial charge >= 0.3 is 0 Å².